The van der Waals surface area contributed by atoms with Crippen LogP contribution in [0.4, 0.5) is 10.5 Å². The Morgan fingerprint density at radius 1 is 1.31 bits per heavy atom. The third kappa shape index (κ3) is 5.53. The second-order valence-electron chi connectivity index (χ2n) is 5.51. The first-order chi connectivity index (χ1) is 12.5. The fourth-order valence-electron chi connectivity index (χ4n) is 2.21. The molecule has 0 aliphatic carbocycles. The van der Waals surface area contributed by atoms with Crippen LogP contribution in [0.1, 0.15) is 28.0 Å². The van der Waals surface area contributed by atoms with Crippen molar-refractivity contribution in [1.82, 2.24) is 9.88 Å². The Balaban J connectivity index is 2.08. The topological polar surface area (TPSA) is 80.8 Å². The number of hydrogen-bond acceptors (Lipinski definition) is 6. The number of esters is 1. The molecule has 0 aliphatic rings. The maximum Gasteiger partial charge on any atom is 0.357 e. The maximum atomic E-state index is 12.7. The molecule has 1 aromatic heterocycles. The van der Waals surface area contributed by atoms with Gasteiger partial charge in [0.1, 0.15) is 5.01 Å². The number of urea groups is 1. The Labute approximate surface area is 156 Å². The number of amides is 2. The minimum atomic E-state index is -0.456. The summed E-state index contributed by atoms with van der Waals surface area (Å²) in [4.78, 5) is 30.3. The van der Waals surface area contributed by atoms with Gasteiger partial charge >= 0.3 is 12.0 Å². The molecule has 0 saturated carbocycles. The molecule has 140 valence electrons. The summed E-state index contributed by atoms with van der Waals surface area (Å²) in [5.41, 5.74) is 2.00. The number of thiazole rings is 1. The van der Waals surface area contributed by atoms with Crippen LogP contribution in [0.25, 0.3) is 0 Å². The molecule has 1 heterocycles. The van der Waals surface area contributed by atoms with Crippen molar-refractivity contribution in [3.63, 3.8) is 0 Å². The third-order valence-corrected chi connectivity index (χ3v) is 4.44. The van der Waals surface area contributed by atoms with Crippen LogP contribution in [0.2, 0.25) is 0 Å². The highest BCUT2D eigenvalue weighted by atomic mass is 32.1. The van der Waals surface area contributed by atoms with Crippen molar-refractivity contribution in [2.75, 3.05) is 32.2 Å². The van der Waals surface area contributed by atoms with Crippen LogP contribution in [0.5, 0.6) is 0 Å². The lowest BCUT2D eigenvalue weighted by Gasteiger charge is -2.22. The quantitative estimate of drug-likeness (QED) is 0.714. The van der Waals surface area contributed by atoms with Gasteiger partial charge in [-0.3, -0.25) is 0 Å². The molecule has 0 aliphatic heterocycles. The molecule has 0 saturated heterocycles. The third-order valence-electron chi connectivity index (χ3n) is 3.60. The monoisotopic (exact) mass is 377 g/mol. The Morgan fingerprint density at radius 3 is 2.77 bits per heavy atom. The first-order valence-corrected chi connectivity index (χ1v) is 9.15. The molecule has 2 rings (SSSR count). The number of methoxy groups -OCH3 is 1. The molecule has 0 fully saturated rings. The zero-order valence-corrected chi connectivity index (χ0v) is 16.0. The Hall–Kier alpha value is -2.45. The van der Waals surface area contributed by atoms with Crippen LogP contribution in [-0.2, 0) is 16.0 Å². The van der Waals surface area contributed by atoms with Gasteiger partial charge in [0.15, 0.2) is 5.69 Å². The Bertz CT molecular complexity index is 748. The van der Waals surface area contributed by atoms with Gasteiger partial charge in [0, 0.05) is 24.7 Å². The standard InChI is InChI=1S/C18H23N3O4S/c1-4-25-17(22)15-12-26-16(19-15)11-21(9-10-24-3)18(23)20-14-8-6-5-7-13(14)2/h5-8,12H,4,9-11H2,1-3H3,(H,20,23). The lowest BCUT2D eigenvalue weighted by atomic mass is 10.2. The fourth-order valence-corrected chi connectivity index (χ4v) is 2.98. The normalized spacial score (nSPS) is 10.4. The SMILES string of the molecule is CCOC(=O)c1csc(CN(CCOC)C(=O)Nc2ccccc2C)n1. The lowest BCUT2D eigenvalue weighted by molar-refractivity contribution is 0.0520. The summed E-state index contributed by atoms with van der Waals surface area (Å²) < 4.78 is 10.0. The van der Waals surface area contributed by atoms with Gasteiger partial charge in [0.25, 0.3) is 0 Å². The number of aryl methyl sites for hydroxylation is 1. The van der Waals surface area contributed by atoms with E-state index in [1.807, 2.05) is 31.2 Å². The van der Waals surface area contributed by atoms with Crippen molar-refractivity contribution < 1.29 is 19.1 Å². The van der Waals surface area contributed by atoms with Gasteiger partial charge in [-0.1, -0.05) is 18.2 Å². The van der Waals surface area contributed by atoms with Crippen molar-refractivity contribution in [3.8, 4) is 0 Å². The molecule has 0 spiro atoms. The first kappa shape index (κ1) is 19.9. The van der Waals surface area contributed by atoms with Crippen LogP contribution in [0.15, 0.2) is 29.6 Å². The first-order valence-electron chi connectivity index (χ1n) is 8.27. The van der Waals surface area contributed by atoms with E-state index in [2.05, 4.69) is 10.3 Å². The van der Waals surface area contributed by atoms with Crippen LogP contribution in [0, 0.1) is 6.92 Å². The number of nitrogens with zero attached hydrogens (tertiary/aromatic N) is 2. The molecule has 0 radical (unpaired) electrons. The number of hydrogen-bond donors (Lipinski definition) is 1. The zero-order chi connectivity index (χ0) is 18.9. The van der Waals surface area contributed by atoms with Crippen LogP contribution in [0.3, 0.4) is 0 Å². The smallest absolute Gasteiger partial charge is 0.357 e. The second-order valence-corrected chi connectivity index (χ2v) is 6.45. The molecular formula is C18H23N3O4S. The highest BCUT2D eigenvalue weighted by molar-refractivity contribution is 7.09. The number of nitrogens with one attached hydrogen (secondary N) is 1. The summed E-state index contributed by atoms with van der Waals surface area (Å²) in [5.74, 6) is -0.456. The van der Waals surface area contributed by atoms with E-state index in [0.29, 0.717) is 24.8 Å². The molecule has 2 aromatic rings. The summed E-state index contributed by atoms with van der Waals surface area (Å²) in [6.45, 7) is 5.06. The fraction of sp³-hybridized carbons (Fsp3) is 0.389. The van der Waals surface area contributed by atoms with Crippen molar-refractivity contribution in [2.45, 2.75) is 20.4 Å². The van der Waals surface area contributed by atoms with Gasteiger partial charge in [-0.05, 0) is 25.5 Å². The predicted molar refractivity (Wildman–Crippen MR) is 101 cm³/mol. The number of carbonyl (C=O) groups is 2. The van der Waals surface area contributed by atoms with E-state index < -0.39 is 5.97 Å². The predicted octanol–water partition coefficient (Wildman–Crippen LogP) is 3.31. The number of ether oxygens (including phenoxy) is 2. The molecular weight excluding hydrogens is 354 g/mol. The molecule has 8 heteroatoms. The van der Waals surface area contributed by atoms with Gasteiger partial charge in [0.2, 0.25) is 0 Å². The number of rotatable bonds is 8. The van der Waals surface area contributed by atoms with E-state index in [0.717, 1.165) is 11.3 Å². The van der Waals surface area contributed by atoms with Crippen LogP contribution >= 0.6 is 11.3 Å². The van der Waals surface area contributed by atoms with Gasteiger partial charge in [-0.15, -0.1) is 11.3 Å². The van der Waals surface area contributed by atoms with Crippen LogP contribution < -0.4 is 5.32 Å². The Kier molecular flexibility index (Phi) is 7.55. The minimum absolute atomic E-state index is 0.246. The number of para-hydroxylation sites is 1. The average molecular weight is 377 g/mol. The summed E-state index contributed by atoms with van der Waals surface area (Å²) in [5, 5.41) is 5.20. The highest BCUT2D eigenvalue weighted by Gasteiger charge is 2.18. The lowest BCUT2D eigenvalue weighted by Crippen LogP contribution is -2.37. The van der Waals surface area contributed by atoms with Crippen molar-refractivity contribution in [1.29, 1.82) is 0 Å². The van der Waals surface area contributed by atoms with E-state index in [-0.39, 0.29) is 18.3 Å². The maximum absolute atomic E-state index is 12.7. The van der Waals surface area contributed by atoms with Gasteiger partial charge in [-0.2, -0.15) is 0 Å². The molecule has 7 nitrogen and oxygen atoms in total. The van der Waals surface area contributed by atoms with E-state index >= 15 is 0 Å². The summed E-state index contributed by atoms with van der Waals surface area (Å²) in [6.07, 6.45) is 0. The molecule has 26 heavy (non-hydrogen) atoms. The minimum Gasteiger partial charge on any atom is -0.461 e. The number of carbonyl (C=O) groups excluding carboxylic acids is 2. The van der Waals surface area contributed by atoms with Crippen molar-refractivity contribution in [2.24, 2.45) is 0 Å². The largest absolute Gasteiger partial charge is 0.461 e. The molecule has 0 atom stereocenters. The number of anilines is 1. The summed E-state index contributed by atoms with van der Waals surface area (Å²) in [7, 11) is 1.58. The van der Waals surface area contributed by atoms with Gasteiger partial charge in [-0.25, -0.2) is 14.6 Å². The second kappa shape index (κ2) is 9.88. The highest BCUT2D eigenvalue weighted by Crippen LogP contribution is 2.17. The summed E-state index contributed by atoms with van der Waals surface area (Å²) >= 11 is 1.32. The van der Waals surface area contributed by atoms with E-state index in [1.165, 1.54) is 11.3 Å². The summed E-state index contributed by atoms with van der Waals surface area (Å²) in [6, 6.07) is 7.32. The molecule has 0 bridgehead atoms. The van der Waals surface area contributed by atoms with Gasteiger partial charge < -0.3 is 19.7 Å². The molecule has 2 amide bonds. The van der Waals surface area contributed by atoms with Crippen molar-refractivity contribution >= 4 is 29.0 Å². The molecule has 0 unspecified atom stereocenters. The Morgan fingerprint density at radius 2 is 2.08 bits per heavy atom. The zero-order valence-electron chi connectivity index (χ0n) is 15.2. The average Bonchev–Trinajstić information content (AvgIpc) is 3.09. The number of aromatic nitrogens is 1. The molecule has 1 aromatic carbocycles. The van der Waals surface area contributed by atoms with E-state index in [1.54, 1.807) is 24.3 Å². The number of benzene rings is 1. The van der Waals surface area contributed by atoms with E-state index in [4.69, 9.17) is 9.47 Å². The van der Waals surface area contributed by atoms with Crippen molar-refractivity contribution in [3.05, 3.63) is 45.9 Å². The van der Waals surface area contributed by atoms with Crippen LogP contribution in [-0.4, -0.2) is 48.8 Å². The van der Waals surface area contributed by atoms with Gasteiger partial charge in [0.05, 0.1) is 19.8 Å². The van der Waals surface area contributed by atoms with E-state index in [9.17, 15) is 9.59 Å². The molecule has 1 N–H and O–H groups in total.